The summed E-state index contributed by atoms with van der Waals surface area (Å²) in [6.07, 6.45) is 0. The summed E-state index contributed by atoms with van der Waals surface area (Å²) >= 11 is 0. The van der Waals surface area contributed by atoms with Gasteiger partial charge in [-0.25, -0.2) is 4.57 Å². The van der Waals surface area contributed by atoms with Crippen molar-refractivity contribution < 1.29 is 75.0 Å². The second kappa shape index (κ2) is 8.61. The monoisotopic (exact) mass is 258 g/mol. The molecule has 0 radical (unpaired) electrons. The van der Waals surface area contributed by atoms with E-state index in [1.165, 1.54) is 0 Å². The number of rotatable bonds is 2. The molecule has 0 heterocycles. The molecule has 0 aliphatic heterocycles. The molecule has 64 valence electrons. The van der Waals surface area contributed by atoms with Crippen LogP contribution >= 0.6 is 15.6 Å². The maximum atomic E-state index is 9.55. The molecule has 0 aliphatic rings. The Labute approximate surface area is 113 Å². The van der Waals surface area contributed by atoms with E-state index < -0.39 is 15.6 Å². The number of hydrogen-bond acceptors (Lipinski definition) is 5. The van der Waals surface area contributed by atoms with Gasteiger partial charge in [0.25, 0.3) is 0 Å². The first-order valence-electron chi connectivity index (χ1n) is 1.50. The summed E-state index contributed by atoms with van der Waals surface area (Å²) in [4.78, 5) is 34.1. The minimum atomic E-state index is -5.55. The van der Waals surface area contributed by atoms with Crippen LogP contribution in [-0.2, 0) is 13.4 Å². The first-order chi connectivity index (χ1) is 3.71. The van der Waals surface area contributed by atoms with Gasteiger partial charge >= 0.3 is 60.4 Å². The first-order valence-corrected chi connectivity index (χ1v) is 4.49. The SMILES string of the molecule is O=P([O-])([O-])OP(=O)(O)O.[Cl-].[Mg+2].[Na+]. The van der Waals surface area contributed by atoms with Crippen LogP contribution in [-0.4, -0.2) is 32.8 Å². The van der Waals surface area contributed by atoms with Crippen molar-refractivity contribution in [2.75, 3.05) is 0 Å². The maximum Gasteiger partial charge on any atom is 2.00 e. The van der Waals surface area contributed by atoms with Gasteiger partial charge in [-0.1, -0.05) is 0 Å². The van der Waals surface area contributed by atoms with Crippen LogP contribution < -0.4 is 51.8 Å². The summed E-state index contributed by atoms with van der Waals surface area (Å²) in [5.41, 5.74) is 0. The Morgan fingerprint density at radius 2 is 1.42 bits per heavy atom. The molecule has 0 aliphatic carbocycles. The minimum Gasteiger partial charge on any atom is -1.00 e. The van der Waals surface area contributed by atoms with Crippen LogP contribution in [0.4, 0.5) is 0 Å². The molecule has 0 unspecified atom stereocenters. The van der Waals surface area contributed by atoms with Gasteiger partial charge in [0, 0.05) is 0 Å². The second-order valence-corrected chi connectivity index (χ2v) is 3.55. The van der Waals surface area contributed by atoms with Crippen LogP contribution in [0.2, 0.25) is 0 Å². The zero-order chi connectivity index (χ0) is 7.71. The molecule has 2 N–H and O–H groups in total. The molecule has 0 aromatic carbocycles. The van der Waals surface area contributed by atoms with Gasteiger partial charge in [0.05, 0.1) is 7.82 Å². The average molecular weight is 259 g/mol. The van der Waals surface area contributed by atoms with Crippen LogP contribution in [0.15, 0.2) is 0 Å². The smallest absolute Gasteiger partial charge is 1.00 e. The third-order valence-electron chi connectivity index (χ3n) is 0.206. The van der Waals surface area contributed by atoms with Crippen molar-refractivity contribution in [3.8, 4) is 0 Å². The Bertz CT molecular complexity index is 162. The summed E-state index contributed by atoms with van der Waals surface area (Å²) in [5.74, 6) is 0. The van der Waals surface area contributed by atoms with E-state index in [-0.39, 0.29) is 65.0 Å². The normalized spacial score (nSPS) is 10.3. The molecule has 0 bridgehead atoms. The zero-order valence-corrected chi connectivity index (χ0v) is 11.9. The van der Waals surface area contributed by atoms with Gasteiger partial charge in [0.2, 0.25) is 0 Å². The quantitative estimate of drug-likeness (QED) is 0.372. The molecule has 0 amide bonds. The molecular weight excluding hydrogens is 257 g/mol. The van der Waals surface area contributed by atoms with Crippen LogP contribution in [0.1, 0.15) is 0 Å². The van der Waals surface area contributed by atoms with E-state index in [2.05, 4.69) is 4.31 Å². The fourth-order valence-electron chi connectivity index (χ4n) is 0.130. The average Bonchev–Trinajstić information content (AvgIpc) is 1.14. The van der Waals surface area contributed by atoms with Gasteiger partial charge < -0.3 is 36.5 Å². The van der Waals surface area contributed by atoms with E-state index in [9.17, 15) is 18.9 Å². The molecule has 0 rings (SSSR count). The zero-order valence-electron chi connectivity index (χ0n) is 5.92. The van der Waals surface area contributed by atoms with Gasteiger partial charge in [-0.15, -0.1) is 0 Å². The van der Waals surface area contributed by atoms with Gasteiger partial charge in [0.1, 0.15) is 0 Å². The molecule has 12 heteroatoms. The van der Waals surface area contributed by atoms with Crippen molar-refractivity contribution in [2.24, 2.45) is 0 Å². The molecular formula is H2ClMgNaO7P2. The van der Waals surface area contributed by atoms with Gasteiger partial charge in [-0.2, -0.15) is 0 Å². The Hall–Kier alpha value is 2.32. The van der Waals surface area contributed by atoms with Crippen molar-refractivity contribution >= 4 is 38.7 Å². The van der Waals surface area contributed by atoms with Crippen molar-refractivity contribution in [3.63, 3.8) is 0 Å². The van der Waals surface area contributed by atoms with Crippen LogP contribution in [0.25, 0.3) is 0 Å². The Morgan fingerprint density at radius 1 is 1.17 bits per heavy atom. The fourth-order valence-corrected chi connectivity index (χ4v) is 1.17. The largest absolute Gasteiger partial charge is 2.00 e. The molecule has 0 fully saturated rings. The first kappa shape index (κ1) is 23.9. The second-order valence-electron chi connectivity index (χ2n) is 1.02. The summed E-state index contributed by atoms with van der Waals surface area (Å²) in [7, 11) is -10.7. The van der Waals surface area contributed by atoms with Crippen molar-refractivity contribution in [3.05, 3.63) is 0 Å². The summed E-state index contributed by atoms with van der Waals surface area (Å²) in [5, 5.41) is 0. The number of halogens is 1. The third-order valence-corrected chi connectivity index (χ3v) is 1.86. The topological polar surface area (TPSA) is 130 Å². The van der Waals surface area contributed by atoms with E-state index >= 15 is 0 Å². The van der Waals surface area contributed by atoms with Crippen molar-refractivity contribution in [2.45, 2.75) is 0 Å². The molecule has 0 atom stereocenters. The van der Waals surface area contributed by atoms with E-state index in [1.54, 1.807) is 0 Å². The van der Waals surface area contributed by atoms with Gasteiger partial charge in [-0.3, -0.25) is 4.31 Å². The Morgan fingerprint density at radius 3 is 1.42 bits per heavy atom. The molecule has 0 saturated heterocycles. The van der Waals surface area contributed by atoms with Crippen LogP contribution in [0, 0.1) is 0 Å². The van der Waals surface area contributed by atoms with E-state index in [4.69, 9.17) is 9.79 Å². The predicted octanol–water partition coefficient (Wildman–Crippen LogP) is -8.45. The fraction of sp³-hybridized carbons (Fsp3) is 0. The molecule has 7 nitrogen and oxygen atoms in total. The maximum absolute atomic E-state index is 9.55. The van der Waals surface area contributed by atoms with E-state index in [0.717, 1.165) is 0 Å². The number of phosphoric acid groups is 2. The Kier molecular flexibility index (Phi) is 17.1. The number of hydrogen-bond donors (Lipinski definition) is 2. The molecule has 0 aromatic rings. The Balaban J connectivity index is -0.000000107. The third kappa shape index (κ3) is 22.8. The minimum absolute atomic E-state index is 0. The molecule has 0 spiro atoms. The summed E-state index contributed by atoms with van der Waals surface area (Å²) in [6.45, 7) is 0. The van der Waals surface area contributed by atoms with Crippen molar-refractivity contribution in [1.29, 1.82) is 0 Å². The summed E-state index contributed by atoms with van der Waals surface area (Å²) < 4.78 is 21.7. The van der Waals surface area contributed by atoms with E-state index in [1.807, 2.05) is 0 Å². The van der Waals surface area contributed by atoms with Crippen LogP contribution in [0.3, 0.4) is 0 Å². The molecule has 0 saturated carbocycles. The van der Waals surface area contributed by atoms with E-state index in [0.29, 0.717) is 0 Å². The summed E-state index contributed by atoms with van der Waals surface area (Å²) in [6, 6.07) is 0. The van der Waals surface area contributed by atoms with Gasteiger partial charge in [-0.05, 0) is 0 Å². The standard InChI is InChI=1S/ClH.Mg.Na.H4O7P2/c;;;1-8(2,3)7-9(4,5)6/h1H;;;(H2,1,2,3)(H2,4,5,6)/q;+2;+1;/p-3. The van der Waals surface area contributed by atoms with Crippen LogP contribution in [0.5, 0.6) is 0 Å². The predicted molar refractivity (Wildman–Crippen MR) is 26.5 cm³/mol. The van der Waals surface area contributed by atoms with Crippen molar-refractivity contribution in [1.82, 2.24) is 0 Å². The molecule has 0 aromatic heterocycles. The molecule has 12 heavy (non-hydrogen) atoms. The van der Waals surface area contributed by atoms with Gasteiger partial charge in [0.15, 0.2) is 0 Å².